The van der Waals surface area contributed by atoms with Crippen LogP contribution >= 0.6 is 0 Å². The maximum atomic E-state index is 13.7. The SMILES string of the molecule is COc1ccc(S(=O)(=O)N2CCC(Cc3ccccc3)CC2)cc1N1CCN(C(=O)[C@H](C)Oc2ccccc2)CC1. The second-order valence-electron chi connectivity index (χ2n) is 10.8. The van der Waals surface area contributed by atoms with E-state index in [0.717, 1.165) is 24.9 Å². The first kappa shape index (κ1) is 29.0. The molecule has 0 bridgehead atoms. The van der Waals surface area contributed by atoms with Gasteiger partial charge in [0.1, 0.15) is 11.5 Å². The van der Waals surface area contributed by atoms with Crippen LogP contribution in [0.25, 0.3) is 0 Å². The zero-order valence-electron chi connectivity index (χ0n) is 23.8. The number of hydrogen-bond donors (Lipinski definition) is 0. The molecule has 2 fully saturated rings. The number of benzene rings is 3. The van der Waals surface area contributed by atoms with E-state index < -0.39 is 16.1 Å². The van der Waals surface area contributed by atoms with E-state index in [1.165, 1.54) is 5.56 Å². The summed E-state index contributed by atoms with van der Waals surface area (Å²) in [6, 6.07) is 24.8. The van der Waals surface area contributed by atoms with Gasteiger partial charge in [-0.15, -0.1) is 0 Å². The monoisotopic (exact) mass is 577 g/mol. The third-order valence-corrected chi connectivity index (χ3v) is 9.96. The van der Waals surface area contributed by atoms with Crippen LogP contribution in [0.4, 0.5) is 5.69 Å². The van der Waals surface area contributed by atoms with Crippen molar-refractivity contribution in [3.8, 4) is 11.5 Å². The highest BCUT2D eigenvalue weighted by atomic mass is 32.2. The Labute approximate surface area is 243 Å². The molecule has 0 aliphatic carbocycles. The number of ether oxygens (including phenoxy) is 2. The lowest BCUT2D eigenvalue weighted by Crippen LogP contribution is -2.52. The number of para-hydroxylation sites is 1. The number of carbonyl (C=O) groups excluding carboxylic acids is 1. The number of rotatable bonds is 9. The Morgan fingerprint density at radius 2 is 1.51 bits per heavy atom. The largest absolute Gasteiger partial charge is 0.495 e. The minimum absolute atomic E-state index is 0.0625. The predicted molar refractivity (Wildman–Crippen MR) is 160 cm³/mol. The third-order valence-electron chi connectivity index (χ3n) is 8.06. The highest BCUT2D eigenvalue weighted by molar-refractivity contribution is 7.89. The van der Waals surface area contributed by atoms with Gasteiger partial charge in [-0.05, 0) is 68.0 Å². The molecule has 5 rings (SSSR count). The molecule has 0 radical (unpaired) electrons. The first-order valence-corrected chi connectivity index (χ1v) is 15.8. The molecule has 2 aliphatic heterocycles. The molecule has 0 spiro atoms. The Bertz CT molecular complexity index is 1400. The molecule has 1 atom stereocenters. The van der Waals surface area contributed by atoms with Gasteiger partial charge in [0, 0.05) is 39.3 Å². The van der Waals surface area contributed by atoms with E-state index in [4.69, 9.17) is 9.47 Å². The van der Waals surface area contributed by atoms with E-state index in [9.17, 15) is 13.2 Å². The number of piperazine rings is 1. The Kier molecular flexibility index (Phi) is 9.15. The van der Waals surface area contributed by atoms with E-state index in [-0.39, 0.29) is 10.8 Å². The molecule has 0 aromatic heterocycles. The topological polar surface area (TPSA) is 79.4 Å². The smallest absolute Gasteiger partial charge is 0.263 e. The summed E-state index contributed by atoms with van der Waals surface area (Å²) in [6.07, 6.45) is 2.08. The Hall–Kier alpha value is -3.56. The van der Waals surface area contributed by atoms with Crippen LogP contribution in [0, 0.1) is 5.92 Å². The molecule has 0 N–H and O–H groups in total. The third kappa shape index (κ3) is 6.85. The maximum Gasteiger partial charge on any atom is 0.263 e. The van der Waals surface area contributed by atoms with E-state index in [2.05, 4.69) is 29.2 Å². The zero-order chi connectivity index (χ0) is 28.8. The molecule has 2 heterocycles. The van der Waals surface area contributed by atoms with Crippen molar-refractivity contribution in [1.82, 2.24) is 9.21 Å². The van der Waals surface area contributed by atoms with Crippen molar-refractivity contribution in [3.63, 3.8) is 0 Å². The number of carbonyl (C=O) groups is 1. The summed E-state index contributed by atoms with van der Waals surface area (Å²) < 4.78 is 40.4. The molecule has 218 valence electrons. The molecular formula is C32H39N3O5S. The fraction of sp³-hybridized carbons (Fsp3) is 0.406. The molecule has 3 aromatic rings. The molecule has 0 saturated carbocycles. The maximum absolute atomic E-state index is 13.7. The highest BCUT2D eigenvalue weighted by Gasteiger charge is 2.32. The number of methoxy groups -OCH3 is 1. The van der Waals surface area contributed by atoms with Crippen LogP contribution in [-0.4, -0.2) is 76.0 Å². The fourth-order valence-electron chi connectivity index (χ4n) is 5.71. The summed E-state index contributed by atoms with van der Waals surface area (Å²) in [4.78, 5) is 17.2. The Morgan fingerprint density at radius 1 is 0.878 bits per heavy atom. The van der Waals surface area contributed by atoms with Crippen LogP contribution in [0.3, 0.4) is 0 Å². The van der Waals surface area contributed by atoms with E-state index >= 15 is 0 Å². The predicted octanol–water partition coefficient (Wildman–Crippen LogP) is 4.45. The van der Waals surface area contributed by atoms with Crippen LogP contribution < -0.4 is 14.4 Å². The number of piperidine rings is 1. The van der Waals surface area contributed by atoms with Gasteiger partial charge < -0.3 is 19.3 Å². The summed E-state index contributed by atoms with van der Waals surface area (Å²) in [5, 5.41) is 0. The van der Waals surface area contributed by atoms with Gasteiger partial charge in [-0.25, -0.2) is 8.42 Å². The number of sulfonamides is 1. The average Bonchev–Trinajstić information content (AvgIpc) is 3.01. The molecule has 3 aromatic carbocycles. The minimum Gasteiger partial charge on any atom is -0.495 e. The van der Waals surface area contributed by atoms with Gasteiger partial charge in [0.05, 0.1) is 17.7 Å². The lowest BCUT2D eigenvalue weighted by Gasteiger charge is -2.37. The Morgan fingerprint density at radius 3 is 2.15 bits per heavy atom. The van der Waals surface area contributed by atoms with E-state index in [1.807, 2.05) is 36.4 Å². The van der Waals surface area contributed by atoms with Gasteiger partial charge in [0.15, 0.2) is 6.10 Å². The van der Waals surface area contributed by atoms with Gasteiger partial charge >= 0.3 is 0 Å². The summed E-state index contributed by atoms with van der Waals surface area (Å²) in [5.74, 6) is 1.70. The minimum atomic E-state index is -3.64. The lowest BCUT2D eigenvalue weighted by molar-refractivity contribution is -0.138. The van der Waals surface area contributed by atoms with E-state index in [0.29, 0.717) is 56.7 Å². The number of nitrogens with zero attached hydrogens (tertiary/aromatic N) is 3. The van der Waals surface area contributed by atoms with Crippen molar-refractivity contribution in [2.75, 3.05) is 51.3 Å². The molecule has 9 heteroatoms. The molecule has 41 heavy (non-hydrogen) atoms. The van der Waals surface area contributed by atoms with Gasteiger partial charge in [0.2, 0.25) is 10.0 Å². The van der Waals surface area contributed by atoms with Crippen molar-refractivity contribution in [2.24, 2.45) is 5.92 Å². The summed E-state index contributed by atoms with van der Waals surface area (Å²) in [5.41, 5.74) is 2.03. The summed E-state index contributed by atoms with van der Waals surface area (Å²) >= 11 is 0. The van der Waals surface area contributed by atoms with Crippen molar-refractivity contribution in [1.29, 1.82) is 0 Å². The van der Waals surface area contributed by atoms with Gasteiger partial charge in [0.25, 0.3) is 5.91 Å². The molecular weight excluding hydrogens is 538 g/mol. The van der Waals surface area contributed by atoms with Crippen LogP contribution in [0.2, 0.25) is 0 Å². The number of anilines is 1. The normalized spacial score (nSPS) is 17.7. The molecule has 8 nitrogen and oxygen atoms in total. The van der Waals surface area contributed by atoms with Crippen molar-refractivity contribution < 1.29 is 22.7 Å². The van der Waals surface area contributed by atoms with Crippen LogP contribution in [0.1, 0.15) is 25.3 Å². The van der Waals surface area contributed by atoms with Crippen molar-refractivity contribution >= 4 is 21.6 Å². The highest BCUT2D eigenvalue weighted by Crippen LogP contribution is 2.34. The lowest BCUT2D eigenvalue weighted by atomic mass is 9.91. The molecule has 1 amide bonds. The van der Waals surface area contributed by atoms with Crippen molar-refractivity contribution in [2.45, 2.75) is 37.2 Å². The van der Waals surface area contributed by atoms with E-state index in [1.54, 1.807) is 41.4 Å². The standard InChI is InChI=1S/C32H39N3O5S/c1-25(40-28-11-7-4-8-12-28)32(36)34-21-19-33(20-22-34)30-24-29(13-14-31(30)39-2)41(37,38)35-17-15-27(16-18-35)23-26-9-5-3-6-10-26/h3-14,24-25,27H,15-23H2,1-2H3/t25-/m0/s1. The van der Waals surface area contributed by atoms with Gasteiger partial charge in [-0.2, -0.15) is 4.31 Å². The van der Waals surface area contributed by atoms with Crippen LogP contribution in [0.15, 0.2) is 83.8 Å². The summed E-state index contributed by atoms with van der Waals surface area (Å²) in [7, 11) is -2.05. The van der Waals surface area contributed by atoms with Gasteiger partial charge in [-0.3, -0.25) is 4.79 Å². The van der Waals surface area contributed by atoms with Crippen LogP contribution in [-0.2, 0) is 21.2 Å². The average molecular weight is 578 g/mol. The number of amides is 1. The Balaban J connectivity index is 1.21. The summed E-state index contributed by atoms with van der Waals surface area (Å²) in [6.45, 7) is 4.95. The van der Waals surface area contributed by atoms with Crippen LogP contribution in [0.5, 0.6) is 11.5 Å². The van der Waals surface area contributed by atoms with Gasteiger partial charge in [-0.1, -0.05) is 48.5 Å². The fourth-order valence-corrected chi connectivity index (χ4v) is 7.20. The number of hydrogen-bond acceptors (Lipinski definition) is 6. The molecule has 0 unspecified atom stereocenters. The second kappa shape index (κ2) is 13.0. The first-order valence-electron chi connectivity index (χ1n) is 14.3. The van der Waals surface area contributed by atoms with Crippen molar-refractivity contribution in [3.05, 3.63) is 84.4 Å². The molecule has 2 aliphatic rings. The zero-order valence-corrected chi connectivity index (χ0v) is 24.6. The first-order chi connectivity index (χ1) is 19.8. The quantitative estimate of drug-likeness (QED) is 0.374. The molecule has 2 saturated heterocycles. The second-order valence-corrected chi connectivity index (χ2v) is 12.7.